The van der Waals surface area contributed by atoms with Gasteiger partial charge in [0.25, 0.3) is 0 Å². The number of benzene rings is 1. The fourth-order valence-corrected chi connectivity index (χ4v) is 2.16. The van der Waals surface area contributed by atoms with Crippen molar-refractivity contribution >= 4 is 5.78 Å². The van der Waals surface area contributed by atoms with Crippen LogP contribution in [0.3, 0.4) is 0 Å². The molecule has 0 aliphatic heterocycles. The Bertz CT molecular complexity index is 465. The van der Waals surface area contributed by atoms with E-state index in [0.717, 1.165) is 17.7 Å². The van der Waals surface area contributed by atoms with E-state index in [1.54, 1.807) is 0 Å². The molecular formula is C15H23N2O+. The zero-order valence-electron chi connectivity index (χ0n) is 11.7. The molecule has 0 bridgehead atoms. The molecule has 3 heteroatoms. The summed E-state index contributed by atoms with van der Waals surface area (Å²) in [6, 6.07) is 7.76. The number of nitrogens with two attached hydrogens (primary N) is 1. The topological polar surface area (TPSA) is 43.1 Å². The lowest BCUT2D eigenvalue weighted by molar-refractivity contribution is -0.936. The van der Waals surface area contributed by atoms with Crippen LogP contribution in [0.25, 0.3) is 0 Å². The highest BCUT2D eigenvalue weighted by Crippen LogP contribution is 2.31. The van der Waals surface area contributed by atoms with Gasteiger partial charge in [0, 0.05) is 5.56 Å². The zero-order valence-corrected chi connectivity index (χ0v) is 11.7. The van der Waals surface area contributed by atoms with Crippen LogP contribution in [0.1, 0.15) is 18.1 Å². The van der Waals surface area contributed by atoms with Gasteiger partial charge in [0.2, 0.25) is 11.4 Å². The molecule has 0 aliphatic carbocycles. The van der Waals surface area contributed by atoms with Crippen molar-refractivity contribution in [2.24, 2.45) is 5.73 Å². The molecule has 0 heterocycles. The van der Waals surface area contributed by atoms with E-state index in [1.807, 2.05) is 52.2 Å². The molecule has 1 aromatic carbocycles. The highest BCUT2D eigenvalue weighted by molar-refractivity contribution is 5.97. The van der Waals surface area contributed by atoms with Gasteiger partial charge >= 0.3 is 0 Å². The molecule has 0 aliphatic rings. The van der Waals surface area contributed by atoms with Gasteiger partial charge < -0.3 is 4.48 Å². The number of likely N-dealkylation sites (N-methyl/N-ethyl adjacent to an activating group) is 1. The monoisotopic (exact) mass is 247 g/mol. The van der Waals surface area contributed by atoms with Crippen molar-refractivity contribution in [1.29, 1.82) is 0 Å². The normalized spacial score (nSPS) is 14.9. The number of nitrogens with zero attached hydrogens (tertiary/aromatic N) is 1. The van der Waals surface area contributed by atoms with Crippen LogP contribution in [0.2, 0.25) is 0 Å². The van der Waals surface area contributed by atoms with E-state index in [4.69, 9.17) is 5.73 Å². The summed E-state index contributed by atoms with van der Waals surface area (Å²) < 4.78 is 0.392. The van der Waals surface area contributed by atoms with Crippen molar-refractivity contribution in [3.05, 3.63) is 48.0 Å². The quantitative estimate of drug-likeness (QED) is 0.491. The molecular weight excluding hydrogens is 224 g/mol. The van der Waals surface area contributed by atoms with E-state index >= 15 is 0 Å². The zero-order chi connectivity index (χ0) is 14.0. The van der Waals surface area contributed by atoms with Crippen LogP contribution in [0.4, 0.5) is 0 Å². The van der Waals surface area contributed by atoms with Gasteiger partial charge in [-0.25, -0.2) is 0 Å². The summed E-state index contributed by atoms with van der Waals surface area (Å²) in [6.07, 6.45) is 1.32. The largest absolute Gasteiger partial charge is 0.301 e. The molecule has 1 atom stereocenters. The summed E-state index contributed by atoms with van der Waals surface area (Å²) in [5.41, 5.74) is 7.32. The second-order valence-electron chi connectivity index (χ2n) is 5.15. The van der Waals surface area contributed by atoms with Gasteiger partial charge in [-0.2, -0.15) is 0 Å². The van der Waals surface area contributed by atoms with E-state index in [1.165, 1.54) is 6.08 Å². The summed E-state index contributed by atoms with van der Waals surface area (Å²) in [7, 11) is 3.93. The Kier molecular flexibility index (Phi) is 4.09. The minimum Gasteiger partial charge on any atom is -0.301 e. The number of carbonyl (C=O) groups excluding carboxylic acids is 1. The first-order valence-electron chi connectivity index (χ1n) is 6.16. The predicted molar refractivity (Wildman–Crippen MR) is 74.9 cm³/mol. The Morgan fingerprint density at radius 2 is 2.00 bits per heavy atom. The van der Waals surface area contributed by atoms with Crippen LogP contribution in [0, 0.1) is 6.92 Å². The van der Waals surface area contributed by atoms with Gasteiger partial charge in [0.05, 0.1) is 20.6 Å². The molecule has 0 saturated heterocycles. The third kappa shape index (κ3) is 2.11. The summed E-state index contributed by atoms with van der Waals surface area (Å²) in [4.78, 5) is 12.3. The average molecular weight is 247 g/mol. The van der Waals surface area contributed by atoms with Crippen molar-refractivity contribution in [3.8, 4) is 0 Å². The first-order valence-corrected chi connectivity index (χ1v) is 6.16. The number of hydrogen-bond acceptors (Lipinski definition) is 2. The lowest BCUT2D eigenvalue weighted by atomic mass is 9.88. The molecule has 1 unspecified atom stereocenters. The minimum atomic E-state index is -1.08. The summed E-state index contributed by atoms with van der Waals surface area (Å²) in [5.74, 6) is -0.149. The van der Waals surface area contributed by atoms with Crippen molar-refractivity contribution < 1.29 is 9.28 Å². The SMILES string of the molecule is C=CC(=O)C(N)(c1ccccc1C)[N+](C)(C)CC. The molecule has 98 valence electrons. The maximum Gasteiger partial charge on any atom is 0.240 e. The first kappa shape index (κ1) is 14.6. The minimum absolute atomic E-state index is 0.149. The molecule has 1 rings (SSSR count). The van der Waals surface area contributed by atoms with Gasteiger partial charge in [-0.3, -0.25) is 10.5 Å². The maximum absolute atomic E-state index is 12.3. The van der Waals surface area contributed by atoms with Crippen LogP contribution in [0.15, 0.2) is 36.9 Å². The van der Waals surface area contributed by atoms with Crippen molar-refractivity contribution in [2.45, 2.75) is 19.5 Å². The smallest absolute Gasteiger partial charge is 0.240 e. The van der Waals surface area contributed by atoms with Gasteiger partial charge in [-0.1, -0.05) is 30.8 Å². The molecule has 18 heavy (non-hydrogen) atoms. The molecule has 0 aromatic heterocycles. The van der Waals surface area contributed by atoms with Gasteiger partial charge in [-0.15, -0.1) is 0 Å². The third-order valence-corrected chi connectivity index (χ3v) is 3.86. The molecule has 0 amide bonds. The molecule has 3 nitrogen and oxygen atoms in total. The summed E-state index contributed by atoms with van der Waals surface area (Å²) >= 11 is 0. The molecule has 0 radical (unpaired) electrons. The van der Waals surface area contributed by atoms with Crippen LogP contribution < -0.4 is 5.73 Å². The highest BCUT2D eigenvalue weighted by atomic mass is 16.1. The van der Waals surface area contributed by atoms with Crippen LogP contribution in [0.5, 0.6) is 0 Å². The number of aryl methyl sites for hydroxylation is 1. The summed E-state index contributed by atoms with van der Waals surface area (Å²) in [5, 5.41) is 0. The standard InChI is InChI=1S/C15H23N2O/c1-6-14(18)15(16,17(4,5)7-2)13-11-9-8-10-12(13)3/h6,8-11H,1,7,16H2,2-5H3/q+1. The lowest BCUT2D eigenvalue weighted by Gasteiger charge is -2.44. The highest BCUT2D eigenvalue weighted by Gasteiger charge is 2.49. The number of ketones is 1. The second-order valence-corrected chi connectivity index (χ2v) is 5.15. The third-order valence-electron chi connectivity index (χ3n) is 3.86. The Labute approximate surface area is 109 Å². The fourth-order valence-electron chi connectivity index (χ4n) is 2.16. The van der Waals surface area contributed by atoms with E-state index in [9.17, 15) is 4.79 Å². The van der Waals surface area contributed by atoms with Crippen LogP contribution >= 0.6 is 0 Å². The lowest BCUT2D eigenvalue weighted by Crippen LogP contribution is -2.66. The Hall–Kier alpha value is -1.45. The van der Waals surface area contributed by atoms with Gasteiger partial charge in [-0.05, 0) is 25.5 Å². The van der Waals surface area contributed by atoms with Gasteiger partial charge in [0.15, 0.2) is 0 Å². The van der Waals surface area contributed by atoms with Crippen LogP contribution in [-0.2, 0) is 10.5 Å². The van der Waals surface area contributed by atoms with E-state index in [2.05, 4.69) is 6.58 Å². The Morgan fingerprint density at radius 1 is 1.44 bits per heavy atom. The van der Waals surface area contributed by atoms with Crippen molar-refractivity contribution in [1.82, 2.24) is 0 Å². The molecule has 1 aromatic rings. The van der Waals surface area contributed by atoms with E-state index in [-0.39, 0.29) is 5.78 Å². The molecule has 0 saturated carbocycles. The summed E-state index contributed by atoms with van der Waals surface area (Å²) in [6.45, 7) is 8.34. The van der Waals surface area contributed by atoms with E-state index < -0.39 is 5.66 Å². The molecule has 0 fully saturated rings. The molecule has 2 N–H and O–H groups in total. The average Bonchev–Trinajstić information content (AvgIpc) is 2.37. The Morgan fingerprint density at radius 3 is 2.44 bits per heavy atom. The Balaban J connectivity index is 3.54. The number of rotatable bonds is 5. The number of quaternary nitrogens is 1. The number of hydrogen-bond donors (Lipinski definition) is 1. The second kappa shape index (κ2) is 5.04. The van der Waals surface area contributed by atoms with Crippen molar-refractivity contribution in [3.63, 3.8) is 0 Å². The maximum atomic E-state index is 12.3. The predicted octanol–water partition coefficient (Wildman–Crippen LogP) is 1.96. The van der Waals surface area contributed by atoms with Crippen molar-refractivity contribution in [2.75, 3.05) is 20.6 Å². The van der Waals surface area contributed by atoms with Crippen LogP contribution in [-0.4, -0.2) is 30.9 Å². The molecule has 0 spiro atoms. The van der Waals surface area contributed by atoms with Gasteiger partial charge in [0.1, 0.15) is 0 Å². The van der Waals surface area contributed by atoms with E-state index in [0.29, 0.717) is 4.48 Å². The first-order chi connectivity index (χ1) is 8.31. The number of carbonyl (C=O) groups is 1. The fraction of sp³-hybridized carbons (Fsp3) is 0.400.